The van der Waals surface area contributed by atoms with Gasteiger partial charge in [0, 0.05) is 13.6 Å². The van der Waals surface area contributed by atoms with Crippen LogP contribution in [-0.2, 0) is 11.3 Å². The average Bonchev–Trinajstić information content (AvgIpc) is 2.98. The highest BCUT2D eigenvalue weighted by molar-refractivity contribution is 6.22. The maximum absolute atomic E-state index is 12.9. The lowest BCUT2D eigenvalue weighted by Crippen LogP contribution is -2.48. The lowest BCUT2D eigenvalue weighted by molar-refractivity contribution is -0.134. The molecule has 2 aromatic carbocycles. The zero-order valence-corrected chi connectivity index (χ0v) is 16.6. The number of halogens is 2. The fraction of sp³-hybridized carbons (Fsp3) is 0.286. The van der Waals surface area contributed by atoms with Gasteiger partial charge in [0.1, 0.15) is 6.04 Å². The summed E-state index contributed by atoms with van der Waals surface area (Å²) in [6.45, 7) is -1.40. The van der Waals surface area contributed by atoms with Crippen LogP contribution in [0.4, 0.5) is 8.78 Å². The topological polar surface area (TPSA) is 76.2 Å². The van der Waals surface area contributed by atoms with E-state index in [-0.39, 0.29) is 29.2 Å². The number of benzene rings is 2. The van der Waals surface area contributed by atoms with Crippen molar-refractivity contribution in [2.75, 3.05) is 14.2 Å². The number of alkyl halides is 2. The number of amides is 3. The molecular weight excluding hydrogens is 398 g/mol. The lowest BCUT2D eigenvalue weighted by atomic mass is 10.1. The van der Waals surface area contributed by atoms with Crippen molar-refractivity contribution < 1.29 is 32.6 Å². The minimum absolute atomic E-state index is 0.0991. The third kappa shape index (κ3) is 3.96. The molecule has 0 aromatic heterocycles. The molecule has 1 heterocycles. The number of hydrogen-bond donors (Lipinski definition) is 0. The molecule has 0 bridgehead atoms. The number of hydrogen-bond acceptors (Lipinski definition) is 5. The predicted molar refractivity (Wildman–Crippen MR) is 103 cm³/mol. The molecule has 0 saturated heterocycles. The van der Waals surface area contributed by atoms with E-state index in [1.54, 1.807) is 24.3 Å². The molecule has 1 atom stereocenters. The normalized spacial score (nSPS) is 14.0. The summed E-state index contributed by atoms with van der Waals surface area (Å²) >= 11 is 0. The molecule has 0 N–H and O–H groups in total. The Kier molecular flexibility index (Phi) is 6.00. The molecule has 3 rings (SSSR count). The van der Waals surface area contributed by atoms with Crippen molar-refractivity contribution in [1.29, 1.82) is 0 Å². The van der Waals surface area contributed by atoms with E-state index in [0.29, 0.717) is 5.56 Å². The molecule has 3 amide bonds. The van der Waals surface area contributed by atoms with Crippen LogP contribution >= 0.6 is 0 Å². The lowest BCUT2D eigenvalue weighted by Gasteiger charge is -2.27. The Bertz CT molecular complexity index is 960. The van der Waals surface area contributed by atoms with Crippen LogP contribution in [0.15, 0.2) is 42.5 Å². The standard InChI is InChI=1S/C21H20F2N2O5/c1-12(25-19(27)14-6-4-5-7-15(14)20(25)28)18(26)24(2)11-13-8-9-16(30-21(22)23)17(10-13)29-3/h4-10,12,21H,11H2,1-3H3. The Balaban J connectivity index is 1.73. The van der Waals surface area contributed by atoms with E-state index in [4.69, 9.17) is 4.74 Å². The third-order valence-corrected chi connectivity index (χ3v) is 4.81. The van der Waals surface area contributed by atoms with Crippen molar-refractivity contribution in [3.8, 4) is 11.5 Å². The highest BCUT2D eigenvalue weighted by Gasteiger charge is 2.41. The van der Waals surface area contributed by atoms with Gasteiger partial charge < -0.3 is 14.4 Å². The number of imide groups is 1. The third-order valence-electron chi connectivity index (χ3n) is 4.81. The number of likely N-dealkylation sites (N-methyl/N-ethyl adjacent to an activating group) is 1. The molecule has 0 spiro atoms. The van der Waals surface area contributed by atoms with Gasteiger partial charge in [0.15, 0.2) is 11.5 Å². The van der Waals surface area contributed by atoms with Gasteiger partial charge in [0.05, 0.1) is 18.2 Å². The van der Waals surface area contributed by atoms with Gasteiger partial charge in [0.2, 0.25) is 5.91 Å². The van der Waals surface area contributed by atoms with E-state index in [1.807, 2.05) is 0 Å². The summed E-state index contributed by atoms with van der Waals surface area (Å²) in [4.78, 5) is 40.3. The van der Waals surface area contributed by atoms with E-state index < -0.39 is 30.4 Å². The maximum Gasteiger partial charge on any atom is 0.387 e. The highest BCUT2D eigenvalue weighted by atomic mass is 19.3. The molecule has 1 unspecified atom stereocenters. The zero-order valence-electron chi connectivity index (χ0n) is 16.6. The van der Waals surface area contributed by atoms with Crippen LogP contribution in [0.1, 0.15) is 33.2 Å². The fourth-order valence-electron chi connectivity index (χ4n) is 3.34. The Morgan fingerprint density at radius 1 is 1.07 bits per heavy atom. The van der Waals surface area contributed by atoms with E-state index >= 15 is 0 Å². The number of carbonyl (C=O) groups excluding carboxylic acids is 3. The van der Waals surface area contributed by atoms with Crippen molar-refractivity contribution in [2.45, 2.75) is 26.1 Å². The summed E-state index contributed by atoms with van der Waals surface area (Å²) in [6, 6.07) is 9.72. The summed E-state index contributed by atoms with van der Waals surface area (Å²) in [5.41, 5.74) is 1.13. The van der Waals surface area contributed by atoms with Gasteiger partial charge >= 0.3 is 6.61 Å². The van der Waals surface area contributed by atoms with Crippen molar-refractivity contribution in [3.63, 3.8) is 0 Å². The van der Waals surface area contributed by atoms with Crippen LogP contribution in [0, 0.1) is 0 Å². The molecule has 0 radical (unpaired) electrons. The van der Waals surface area contributed by atoms with Crippen molar-refractivity contribution in [2.24, 2.45) is 0 Å². The molecule has 9 heteroatoms. The Morgan fingerprint density at radius 2 is 1.67 bits per heavy atom. The molecule has 30 heavy (non-hydrogen) atoms. The second-order valence-electron chi connectivity index (χ2n) is 6.76. The van der Waals surface area contributed by atoms with E-state index in [1.165, 1.54) is 44.2 Å². The summed E-state index contributed by atoms with van der Waals surface area (Å²) in [5, 5.41) is 0. The highest BCUT2D eigenvalue weighted by Crippen LogP contribution is 2.30. The Morgan fingerprint density at radius 3 is 2.20 bits per heavy atom. The number of nitrogens with zero attached hydrogens (tertiary/aromatic N) is 2. The molecular formula is C21H20F2N2O5. The fourth-order valence-corrected chi connectivity index (χ4v) is 3.34. The quantitative estimate of drug-likeness (QED) is 0.647. The van der Waals surface area contributed by atoms with Gasteiger partial charge in [-0.15, -0.1) is 0 Å². The van der Waals surface area contributed by atoms with E-state index in [2.05, 4.69) is 4.74 Å². The first-order valence-electron chi connectivity index (χ1n) is 9.08. The molecule has 1 aliphatic rings. The van der Waals surface area contributed by atoms with Gasteiger partial charge in [-0.3, -0.25) is 19.3 Å². The number of methoxy groups -OCH3 is 1. The van der Waals surface area contributed by atoms with E-state index in [9.17, 15) is 23.2 Å². The average molecular weight is 418 g/mol. The van der Waals surface area contributed by atoms with Crippen LogP contribution in [0.2, 0.25) is 0 Å². The zero-order chi connectivity index (χ0) is 22.0. The first kappa shape index (κ1) is 21.2. The van der Waals surface area contributed by atoms with Gasteiger partial charge in [-0.2, -0.15) is 8.78 Å². The second-order valence-corrected chi connectivity index (χ2v) is 6.76. The first-order valence-corrected chi connectivity index (χ1v) is 9.08. The summed E-state index contributed by atoms with van der Waals surface area (Å²) in [5.74, 6) is -1.50. The first-order chi connectivity index (χ1) is 14.2. The molecule has 158 valence electrons. The van der Waals surface area contributed by atoms with Gasteiger partial charge in [-0.1, -0.05) is 18.2 Å². The number of ether oxygens (including phenoxy) is 2. The second kappa shape index (κ2) is 8.48. The smallest absolute Gasteiger partial charge is 0.387 e. The predicted octanol–water partition coefficient (Wildman–Crippen LogP) is 2.94. The van der Waals surface area contributed by atoms with Gasteiger partial charge in [-0.25, -0.2) is 0 Å². The molecule has 2 aromatic rings. The molecule has 0 fully saturated rings. The maximum atomic E-state index is 12.9. The van der Waals surface area contributed by atoms with Crippen LogP contribution < -0.4 is 9.47 Å². The Hall–Kier alpha value is -3.49. The van der Waals surface area contributed by atoms with Crippen LogP contribution in [0.25, 0.3) is 0 Å². The Labute approximate surface area is 171 Å². The minimum atomic E-state index is -2.99. The van der Waals surface area contributed by atoms with Crippen molar-refractivity contribution in [1.82, 2.24) is 9.80 Å². The SMILES string of the molecule is COc1cc(CN(C)C(=O)C(C)N2C(=O)c3ccccc3C2=O)ccc1OC(F)F. The van der Waals surface area contributed by atoms with Crippen LogP contribution in [-0.4, -0.2) is 54.3 Å². The van der Waals surface area contributed by atoms with Crippen LogP contribution in [0.3, 0.4) is 0 Å². The molecule has 0 saturated carbocycles. The minimum Gasteiger partial charge on any atom is -0.493 e. The summed E-state index contributed by atoms with van der Waals surface area (Å²) in [6.07, 6.45) is 0. The molecule has 0 aliphatic carbocycles. The van der Waals surface area contributed by atoms with Crippen LogP contribution in [0.5, 0.6) is 11.5 Å². The monoisotopic (exact) mass is 418 g/mol. The van der Waals surface area contributed by atoms with E-state index in [0.717, 1.165) is 4.90 Å². The molecule has 7 nitrogen and oxygen atoms in total. The number of fused-ring (bicyclic) bond motifs is 1. The number of carbonyl (C=O) groups is 3. The number of rotatable bonds is 7. The van der Waals surface area contributed by atoms with Gasteiger partial charge in [-0.05, 0) is 36.8 Å². The van der Waals surface area contributed by atoms with Gasteiger partial charge in [0.25, 0.3) is 11.8 Å². The largest absolute Gasteiger partial charge is 0.493 e. The summed E-state index contributed by atoms with van der Waals surface area (Å²) < 4.78 is 34.4. The van der Waals surface area contributed by atoms with Crippen molar-refractivity contribution in [3.05, 3.63) is 59.2 Å². The molecule has 1 aliphatic heterocycles. The van der Waals surface area contributed by atoms with Crippen molar-refractivity contribution >= 4 is 17.7 Å². The summed E-state index contributed by atoms with van der Waals surface area (Å²) in [7, 11) is 2.84.